The van der Waals surface area contributed by atoms with Gasteiger partial charge in [-0.2, -0.15) is 0 Å². The van der Waals surface area contributed by atoms with Crippen molar-refractivity contribution in [2.24, 2.45) is 0 Å². The molecule has 122 valence electrons. The third-order valence-corrected chi connectivity index (χ3v) is 4.24. The van der Waals surface area contributed by atoms with Crippen molar-refractivity contribution in [2.75, 3.05) is 6.54 Å². The van der Waals surface area contributed by atoms with E-state index in [-0.39, 0.29) is 18.7 Å². The standard InChI is InChI=1S/C17H20N2O3S/c20-15(18-10-6-2-5-9-16(21)22)11-14-12-23-17(19-14)13-7-3-1-4-8-13/h1,3-4,7-8,12H,2,5-6,9-11H2,(H,18,20)(H,21,22). The summed E-state index contributed by atoms with van der Waals surface area (Å²) in [6.07, 6.45) is 2.72. The van der Waals surface area contributed by atoms with Crippen LogP contribution < -0.4 is 5.32 Å². The van der Waals surface area contributed by atoms with Crippen LogP contribution in [0.4, 0.5) is 0 Å². The molecule has 0 saturated carbocycles. The van der Waals surface area contributed by atoms with Gasteiger partial charge in [-0.1, -0.05) is 36.8 Å². The highest BCUT2D eigenvalue weighted by molar-refractivity contribution is 7.13. The molecule has 2 aromatic rings. The first kappa shape index (κ1) is 17.1. The molecule has 5 nitrogen and oxygen atoms in total. The Hall–Kier alpha value is -2.21. The zero-order chi connectivity index (χ0) is 16.5. The molecule has 6 heteroatoms. The smallest absolute Gasteiger partial charge is 0.303 e. The lowest BCUT2D eigenvalue weighted by Crippen LogP contribution is -2.26. The first-order valence-corrected chi connectivity index (χ1v) is 8.51. The Bertz CT molecular complexity index is 640. The predicted molar refractivity (Wildman–Crippen MR) is 90.4 cm³/mol. The summed E-state index contributed by atoms with van der Waals surface area (Å²) >= 11 is 1.54. The van der Waals surface area contributed by atoms with Gasteiger partial charge in [0.05, 0.1) is 12.1 Å². The number of nitrogens with zero attached hydrogens (tertiary/aromatic N) is 1. The van der Waals surface area contributed by atoms with Crippen LogP contribution in [0.3, 0.4) is 0 Å². The quantitative estimate of drug-likeness (QED) is 0.692. The molecule has 0 atom stereocenters. The maximum Gasteiger partial charge on any atom is 0.303 e. The predicted octanol–water partition coefficient (Wildman–Crippen LogP) is 3.11. The normalized spacial score (nSPS) is 10.4. The van der Waals surface area contributed by atoms with Gasteiger partial charge in [0.2, 0.25) is 5.91 Å². The number of amides is 1. The van der Waals surface area contributed by atoms with E-state index in [0.29, 0.717) is 13.0 Å². The number of carboxylic acid groups (broad SMARTS) is 1. The van der Waals surface area contributed by atoms with Crippen LogP contribution in [0.2, 0.25) is 0 Å². The number of carbonyl (C=O) groups excluding carboxylic acids is 1. The van der Waals surface area contributed by atoms with Crippen LogP contribution in [0.25, 0.3) is 10.6 Å². The summed E-state index contributed by atoms with van der Waals surface area (Å²) in [5.74, 6) is -0.820. The number of hydrogen-bond donors (Lipinski definition) is 2. The molecule has 2 rings (SSSR count). The van der Waals surface area contributed by atoms with Crippen LogP contribution in [0.5, 0.6) is 0 Å². The summed E-state index contributed by atoms with van der Waals surface area (Å²) < 4.78 is 0. The van der Waals surface area contributed by atoms with E-state index >= 15 is 0 Å². The van der Waals surface area contributed by atoms with Gasteiger partial charge in [-0.25, -0.2) is 4.98 Å². The molecule has 0 radical (unpaired) electrons. The minimum atomic E-state index is -0.771. The van der Waals surface area contributed by atoms with E-state index in [1.807, 2.05) is 35.7 Å². The Morgan fingerprint density at radius 2 is 1.91 bits per heavy atom. The summed E-state index contributed by atoms with van der Waals surface area (Å²) in [4.78, 5) is 26.7. The molecule has 0 bridgehead atoms. The topological polar surface area (TPSA) is 79.3 Å². The van der Waals surface area contributed by atoms with Crippen LogP contribution in [0.15, 0.2) is 35.7 Å². The van der Waals surface area contributed by atoms with Crippen molar-refractivity contribution in [1.29, 1.82) is 0 Å². The Morgan fingerprint density at radius 1 is 1.13 bits per heavy atom. The zero-order valence-corrected chi connectivity index (χ0v) is 13.6. The molecule has 0 aliphatic rings. The number of carboxylic acids is 1. The van der Waals surface area contributed by atoms with Crippen molar-refractivity contribution in [1.82, 2.24) is 10.3 Å². The summed E-state index contributed by atoms with van der Waals surface area (Å²) in [7, 11) is 0. The van der Waals surface area contributed by atoms with Crippen molar-refractivity contribution in [3.05, 3.63) is 41.4 Å². The number of aromatic nitrogens is 1. The lowest BCUT2D eigenvalue weighted by Gasteiger charge is -2.03. The molecular formula is C17H20N2O3S. The zero-order valence-electron chi connectivity index (χ0n) is 12.8. The van der Waals surface area contributed by atoms with Gasteiger partial charge in [0.1, 0.15) is 5.01 Å². The lowest BCUT2D eigenvalue weighted by atomic mass is 10.2. The molecule has 0 spiro atoms. The van der Waals surface area contributed by atoms with Crippen LogP contribution >= 0.6 is 11.3 Å². The Balaban J connectivity index is 1.70. The van der Waals surface area contributed by atoms with Gasteiger partial charge in [0, 0.05) is 23.9 Å². The monoisotopic (exact) mass is 332 g/mol. The van der Waals surface area contributed by atoms with Crippen molar-refractivity contribution in [3.63, 3.8) is 0 Å². The molecule has 0 fully saturated rings. The lowest BCUT2D eigenvalue weighted by molar-refractivity contribution is -0.137. The van der Waals surface area contributed by atoms with Crippen molar-refractivity contribution in [3.8, 4) is 10.6 Å². The number of aliphatic carboxylic acids is 1. The molecule has 1 aromatic carbocycles. The number of thiazole rings is 1. The van der Waals surface area contributed by atoms with Gasteiger partial charge in [-0.3, -0.25) is 9.59 Å². The number of rotatable bonds is 9. The van der Waals surface area contributed by atoms with E-state index < -0.39 is 5.97 Å². The van der Waals surface area contributed by atoms with Gasteiger partial charge in [-0.15, -0.1) is 11.3 Å². The average molecular weight is 332 g/mol. The fourth-order valence-electron chi connectivity index (χ4n) is 2.13. The molecular weight excluding hydrogens is 312 g/mol. The van der Waals surface area contributed by atoms with E-state index in [1.165, 1.54) is 11.3 Å². The van der Waals surface area contributed by atoms with E-state index in [1.54, 1.807) is 0 Å². The first-order chi connectivity index (χ1) is 11.1. The highest BCUT2D eigenvalue weighted by atomic mass is 32.1. The number of hydrogen-bond acceptors (Lipinski definition) is 4. The molecule has 0 aliphatic carbocycles. The van der Waals surface area contributed by atoms with E-state index in [0.717, 1.165) is 29.1 Å². The maximum atomic E-state index is 11.9. The van der Waals surface area contributed by atoms with Gasteiger partial charge >= 0.3 is 5.97 Å². The second kappa shape index (κ2) is 9.05. The molecule has 1 heterocycles. The number of carbonyl (C=O) groups is 2. The van der Waals surface area contributed by atoms with Gasteiger partial charge in [0.15, 0.2) is 0 Å². The molecule has 23 heavy (non-hydrogen) atoms. The minimum absolute atomic E-state index is 0.0480. The first-order valence-electron chi connectivity index (χ1n) is 7.63. The maximum absolute atomic E-state index is 11.9. The number of unbranched alkanes of at least 4 members (excludes halogenated alkanes) is 2. The second-order valence-corrected chi connectivity index (χ2v) is 6.10. The number of nitrogens with one attached hydrogen (secondary N) is 1. The number of benzene rings is 1. The highest BCUT2D eigenvalue weighted by Gasteiger charge is 2.08. The Kier molecular flexibility index (Phi) is 6.75. The fourth-order valence-corrected chi connectivity index (χ4v) is 2.96. The SMILES string of the molecule is O=C(O)CCCCCNC(=O)Cc1csc(-c2ccccc2)n1. The van der Waals surface area contributed by atoms with Crippen molar-refractivity contribution in [2.45, 2.75) is 32.1 Å². The Labute approximate surface area is 139 Å². The van der Waals surface area contributed by atoms with E-state index in [9.17, 15) is 9.59 Å². The molecule has 0 saturated heterocycles. The third kappa shape index (κ3) is 6.20. The Morgan fingerprint density at radius 3 is 2.65 bits per heavy atom. The van der Waals surface area contributed by atoms with Gasteiger partial charge in [-0.05, 0) is 12.8 Å². The molecule has 0 unspecified atom stereocenters. The molecule has 0 aliphatic heterocycles. The second-order valence-electron chi connectivity index (χ2n) is 5.24. The summed E-state index contributed by atoms with van der Waals surface area (Å²) in [5.41, 5.74) is 1.83. The van der Waals surface area contributed by atoms with Gasteiger partial charge < -0.3 is 10.4 Å². The fraction of sp³-hybridized carbons (Fsp3) is 0.353. The van der Waals surface area contributed by atoms with Gasteiger partial charge in [0.25, 0.3) is 0 Å². The molecule has 2 N–H and O–H groups in total. The van der Waals surface area contributed by atoms with Crippen LogP contribution in [-0.4, -0.2) is 28.5 Å². The summed E-state index contributed by atoms with van der Waals surface area (Å²) in [5, 5.41) is 14.2. The van der Waals surface area contributed by atoms with E-state index in [4.69, 9.17) is 5.11 Å². The van der Waals surface area contributed by atoms with Crippen LogP contribution in [-0.2, 0) is 16.0 Å². The largest absolute Gasteiger partial charge is 0.481 e. The van der Waals surface area contributed by atoms with Crippen molar-refractivity contribution >= 4 is 23.2 Å². The van der Waals surface area contributed by atoms with Crippen LogP contribution in [0.1, 0.15) is 31.4 Å². The third-order valence-electron chi connectivity index (χ3n) is 3.30. The minimum Gasteiger partial charge on any atom is -0.481 e. The van der Waals surface area contributed by atoms with E-state index in [2.05, 4.69) is 10.3 Å². The summed E-state index contributed by atoms with van der Waals surface area (Å²) in [6, 6.07) is 9.89. The average Bonchev–Trinajstić information content (AvgIpc) is 3.00. The van der Waals surface area contributed by atoms with Crippen molar-refractivity contribution < 1.29 is 14.7 Å². The molecule has 1 aromatic heterocycles. The highest BCUT2D eigenvalue weighted by Crippen LogP contribution is 2.23. The summed E-state index contributed by atoms with van der Waals surface area (Å²) in [6.45, 7) is 0.578. The molecule has 1 amide bonds. The van der Waals surface area contributed by atoms with Crippen LogP contribution in [0, 0.1) is 0 Å².